The van der Waals surface area contributed by atoms with Gasteiger partial charge in [0.05, 0.1) is 5.52 Å². The van der Waals surface area contributed by atoms with E-state index in [1.165, 1.54) is 41.3 Å². The summed E-state index contributed by atoms with van der Waals surface area (Å²) in [6.07, 6.45) is 5.84. The van der Waals surface area contributed by atoms with Gasteiger partial charge in [-0.2, -0.15) is 0 Å². The van der Waals surface area contributed by atoms with Crippen LogP contribution in [0.5, 0.6) is 0 Å². The Morgan fingerprint density at radius 1 is 1.11 bits per heavy atom. The number of pyridine rings is 1. The van der Waals surface area contributed by atoms with Crippen molar-refractivity contribution < 1.29 is 5.11 Å². The topological polar surface area (TPSA) is 67.1 Å². The smallest absolute Gasteiger partial charge is 0.158 e. The van der Waals surface area contributed by atoms with Gasteiger partial charge in [-0.3, -0.25) is 0 Å². The molecule has 6 heteroatoms. The fraction of sp³-hybridized carbons (Fsp3) is 0.500. The zero-order chi connectivity index (χ0) is 19.3. The molecule has 1 aliphatic carbocycles. The molecule has 146 valence electrons. The van der Waals surface area contributed by atoms with Crippen LogP contribution in [0.2, 0.25) is 0 Å². The summed E-state index contributed by atoms with van der Waals surface area (Å²) in [6.45, 7) is 4.03. The van der Waals surface area contributed by atoms with Crippen LogP contribution in [0.25, 0.3) is 10.9 Å². The molecule has 1 N–H and O–H groups in total. The first-order valence-electron chi connectivity index (χ1n) is 10.3. The van der Waals surface area contributed by atoms with Crippen LogP contribution in [0.15, 0.2) is 18.2 Å². The maximum atomic E-state index is 9.41. The van der Waals surface area contributed by atoms with Crippen LogP contribution in [0.1, 0.15) is 53.5 Å². The van der Waals surface area contributed by atoms with Crippen LogP contribution in [0.4, 0.5) is 5.82 Å². The molecular formula is C22H27N5O. The molecule has 2 aliphatic rings. The molecule has 1 fully saturated rings. The van der Waals surface area contributed by atoms with E-state index in [1.807, 2.05) is 11.6 Å². The van der Waals surface area contributed by atoms with Crippen LogP contribution in [-0.2, 0) is 26.5 Å². The normalized spacial score (nSPS) is 19.4. The minimum Gasteiger partial charge on any atom is -0.388 e. The summed E-state index contributed by atoms with van der Waals surface area (Å²) in [4.78, 5) is 7.44. The van der Waals surface area contributed by atoms with Gasteiger partial charge in [0.1, 0.15) is 18.2 Å². The molecule has 1 saturated heterocycles. The van der Waals surface area contributed by atoms with Crippen molar-refractivity contribution in [3.05, 3.63) is 46.5 Å². The van der Waals surface area contributed by atoms with Crippen molar-refractivity contribution in [2.45, 2.75) is 51.6 Å². The first-order valence-corrected chi connectivity index (χ1v) is 10.3. The maximum absolute atomic E-state index is 9.41. The highest BCUT2D eigenvalue weighted by Gasteiger charge is 2.27. The average molecular weight is 377 g/mol. The van der Waals surface area contributed by atoms with Gasteiger partial charge in [-0.05, 0) is 73.9 Å². The summed E-state index contributed by atoms with van der Waals surface area (Å²) in [5.41, 5.74) is 5.41. The van der Waals surface area contributed by atoms with Gasteiger partial charge >= 0.3 is 0 Å². The lowest BCUT2D eigenvalue weighted by atomic mass is 9.96. The fourth-order valence-electron chi connectivity index (χ4n) is 4.87. The van der Waals surface area contributed by atoms with Crippen LogP contribution in [-0.4, -0.2) is 37.9 Å². The van der Waals surface area contributed by atoms with E-state index >= 15 is 0 Å². The van der Waals surface area contributed by atoms with Crippen LogP contribution < -0.4 is 4.90 Å². The van der Waals surface area contributed by atoms with Gasteiger partial charge in [-0.25, -0.2) is 4.98 Å². The molecule has 0 bridgehead atoms. The molecule has 0 saturated carbocycles. The molecule has 3 aromatic rings. The minimum atomic E-state index is -0.0737. The highest BCUT2D eigenvalue weighted by atomic mass is 16.3. The average Bonchev–Trinajstić information content (AvgIpc) is 3.32. The number of rotatable bonds is 3. The Hall–Kier alpha value is -2.47. The second-order valence-electron chi connectivity index (χ2n) is 8.27. The summed E-state index contributed by atoms with van der Waals surface area (Å²) in [6, 6.07) is 6.91. The molecule has 0 spiro atoms. The van der Waals surface area contributed by atoms with Crippen molar-refractivity contribution in [1.29, 1.82) is 0 Å². The first-order chi connectivity index (χ1) is 13.6. The number of aromatic nitrogens is 4. The zero-order valence-corrected chi connectivity index (χ0v) is 16.6. The van der Waals surface area contributed by atoms with Crippen molar-refractivity contribution in [3.8, 4) is 0 Å². The molecule has 1 aromatic carbocycles. The van der Waals surface area contributed by atoms with Gasteiger partial charge in [0, 0.05) is 31.4 Å². The molecule has 0 amide bonds. The van der Waals surface area contributed by atoms with E-state index in [2.05, 4.69) is 40.2 Å². The number of nitrogens with zero attached hydrogens (tertiary/aromatic N) is 5. The quantitative estimate of drug-likeness (QED) is 0.760. The lowest BCUT2D eigenvalue weighted by Crippen LogP contribution is -2.36. The number of hydrogen-bond donors (Lipinski definition) is 1. The van der Waals surface area contributed by atoms with Crippen LogP contribution in [0, 0.1) is 6.92 Å². The van der Waals surface area contributed by atoms with Gasteiger partial charge < -0.3 is 14.6 Å². The molecule has 3 heterocycles. The summed E-state index contributed by atoms with van der Waals surface area (Å²) in [7, 11) is 1.94. The molecule has 28 heavy (non-hydrogen) atoms. The number of aliphatic hydroxyl groups is 1. The summed E-state index contributed by atoms with van der Waals surface area (Å²) < 4.78 is 1.94. The maximum Gasteiger partial charge on any atom is 0.158 e. The second-order valence-corrected chi connectivity index (χ2v) is 8.27. The molecule has 0 radical (unpaired) electrons. The number of aryl methyl sites for hydroxylation is 3. The van der Waals surface area contributed by atoms with E-state index in [0.717, 1.165) is 43.1 Å². The first kappa shape index (κ1) is 17.6. The van der Waals surface area contributed by atoms with Gasteiger partial charge in [0.15, 0.2) is 5.82 Å². The highest BCUT2D eigenvalue weighted by Crippen LogP contribution is 2.33. The Kier molecular flexibility index (Phi) is 4.31. The Labute approximate surface area is 165 Å². The Balaban J connectivity index is 1.47. The summed E-state index contributed by atoms with van der Waals surface area (Å²) in [5.74, 6) is 2.96. The molecule has 2 aromatic heterocycles. The number of piperidine rings is 1. The minimum absolute atomic E-state index is 0.0737. The molecular weight excluding hydrogens is 350 g/mol. The van der Waals surface area contributed by atoms with Crippen LogP contribution >= 0.6 is 0 Å². The lowest BCUT2D eigenvalue weighted by Gasteiger charge is -2.33. The standard InChI is InChI=1S/C22H27N5O/c1-14-9-20(23-19-11-16-6-3-5-15(16)10-18(14)19)27-8-4-7-17(12-27)22-25-24-21(13-28)26(22)2/h9-11,17,28H,3-8,12-13H2,1-2H3. The van der Waals surface area contributed by atoms with Gasteiger partial charge in [0.2, 0.25) is 0 Å². The van der Waals surface area contributed by atoms with Crippen molar-refractivity contribution in [1.82, 2.24) is 19.7 Å². The Morgan fingerprint density at radius 3 is 2.71 bits per heavy atom. The van der Waals surface area contributed by atoms with E-state index in [-0.39, 0.29) is 6.61 Å². The predicted octanol–water partition coefficient (Wildman–Crippen LogP) is 3.04. The van der Waals surface area contributed by atoms with E-state index in [4.69, 9.17) is 4.98 Å². The molecule has 1 unspecified atom stereocenters. The fourth-order valence-corrected chi connectivity index (χ4v) is 4.87. The Bertz CT molecular complexity index is 1040. The van der Waals surface area contributed by atoms with Crippen molar-refractivity contribution in [3.63, 3.8) is 0 Å². The third-order valence-electron chi connectivity index (χ3n) is 6.47. The molecule has 1 aliphatic heterocycles. The zero-order valence-electron chi connectivity index (χ0n) is 16.6. The summed E-state index contributed by atoms with van der Waals surface area (Å²) in [5, 5.41) is 19.2. The second kappa shape index (κ2) is 6.85. The van der Waals surface area contributed by atoms with E-state index < -0.39 is 0 Å². The Morgan fingerprint density at radius 2 is 1.93 bits per heavy atom. The summed E-state index contributed by atoms with van der Waals surface area (Å²) >= 11 is 0. The third-order valence-corrected chi connectivity index (χ3v) is 6.47. The largest absolute Gasteiger partial charge is 0.388 e. The number of benzene rings is 1. The van der Waals surface area contributed by atoms with E-state index in [1.54, 1.807) is 0 Å². The van der Waals surface area contributed by atoms with Crippen molar-refractivity contribution >= 4 is 16.7 Å². The molecule has 6 nitrogen and oxygen atoms in total. The van der Waals surface area contributed by atoms with Crippen LogP contribution in [0.3, 0.4) is 0 Å². The highest BCUT2D eigenvalue weighted by molar-refractivity contribution is 5.85. The van der Waals surface area contributed by atoms with Gasteiger partial charge in [0.25, 0.3) is 0 Å². The number of anilines is 1. The van der Waals surface area contributed by atoms with Crippen molar-refractivity contribution in [2.24, 2.45) is 7.05 Å². The number of hydrogen-bond acceptors (Lipinski definition) is 5. The third kappa shape index (κ3) is 2.87. The van der Waals surface area contributed by atoms with E-state index in [0.29, 0.717) is 11.7 Å². The van der Waals surface area contributed by atoms with Crippen molar-refractivity contribution in [2.75, 3.05) is 18.0 Å². The van der Waals surface area contributed by atoms with Gasteiger partial charge in [-0.1, -0.05) is 0 Å². The number of aliphatic hydroxyl groups excluding tert-OH is 1. The lowest BCUT2D eigenvalue weighted by molar-refractivity contribution is 0.266. The van der Waals surface area contributed by atoms with Gasteiger partial charge in [-0.15, -0.1) is 10.2 Å². The predicted molar refractivity (Wildman–Crippen MR) is 110 cm³/mol. The SMILES string of the molecule is Cc1cc(N2CCCC(c3nnc(CO)n3C)C2)nc2cc3c(cc12)CCC3. The molecule has 1 atom stereocenters. The van der Waals surface area contributed by atoms with E-state index in [9.17, 15) is 5.11 Å². The molecule has 5 rings (SSSR count). The monoisotopic (exact) mass is 377 g/mol. The number of fused-ring (bicyclic) bond motifs is 2.